The average molecular weight is 401 g/mol. The molecule has 144 valence electrons. The minimum absolute atomic E-state index is 0.0804. The van der Waals surface area contributed by atoms with E-state index in [0.717, 1.165) is 24.3 Å². The molecule has 0 fully saturated rings. The van der Waals surface area contributed by atoms with E-state index >= 15 is 0 Å². The summed E-state index contributed by atoms with van der Waals surface area (Å²) in [7, 11) is -4.77. The molecule has 1 amide bonds. The Morgan fingerprint density at radius 1 is 1.11 bits per heavy atom. The highest BCUT2D eigenvalue weighted by molar-refractivity contribution is 7.91. The van der Waals surface area contributed by atoms with Crippen LogP contribution in [0.4, 0.5) is 18.9 Å². The Hall–Kier alpha value is -2.88. The highest BCUT2D eigenvalue weighted by Crippen LogP contribution is 2.19. The quantitative estimate of drug-likeness (QED) is 0.752. The number of alkyl halides is 2. The number of esters is 1. The van der Waals surface area contributed by atoms with E-state index in [1.54, 1.807) is 13.0 Å². The fraction of sp³-hybridized carbons (Fsp3) is 0.176. The third kappa shape index (κ3) is 5.07. The van der Waals surface area contributed by atoms with E-state index in [1.165, 1.54) is 12.1 Å². The van der Waals surface area contributed by atoms with E-state index in [4.69, 9.17) is 4.74 Å². The fourth-order valence-corrected chi connectivity index (χ4v) is 2.73. The number of carbonyl (C=O) groups is 2. The van der Waals surface area contributed by atoms with Crippen molar-refractivity contribution in [2.24, 2.45) is 0 Å². The molecule has 10 heteroatoms. The van der Waals surface area contributed by atoms with E-state index in [0.29, 0.717) is 5.56 Å². The summed E-state index contributed by atoms with van der Waals surface area (Å²) in [6.45, 7) is 0.956. The van der Waals surface area contributed by atoms with Crippen LogP contribution in [0.1, 0.15) is 15.9 Å². The molecule has 0 saturated carbocycles. The number of rotatable bonds is 6. The van der Waals surface area contributed by atoms with Crippen LogP contribution in [0.5, 0.6) is 0 Å². The Morgan fingerprint density at radius 2 is 1.74 bits per heavy atom. The lowest BCUT2D eigenvalue weighted by Gasteiger charge is -2.08. The van der Waals surface area contributed by atoms with Gasteiger partial charge in [-0.15, -0.1) is 0 Å². The van der Waals surface area contributed by atoms with Crippen molar-refractivity contribution in [1.29, 1.82) is 0 Å². The maximum atomic E-state index is 13.6. The van der Waals surface area contributed by atoms with Gasteiger partial charge >= 0.3 is 11.7 Å². The third-order valence-corrected chi connectivity index (χ3v) is 4.78. The van der Waals surface area contributed by atoms with Gasteiger partial charge in [0, 0.05) is 0 Å². The smallest absolute Gasteiger partial charge is 0.341 e. The van der Waals surface area contributed by atoms with Crippen LogP contribution in [-0.2, 0) is 19.4 Å². The number of sulfone groups is 1. The number of carbonyl (C=O) groups excluding carboxylic acids is 2. The number of halogens is 3. The molecule has 27 heavy (non-hydrogen) atoms. The molecular weight excluding hydrogens is 387 g/mol. The van der Waals surface area contributed by atoms with Gasteiger partial charge in [0.15, 0.2) is 6.61 Å². The zero-order chi connectivity index (χ0) is 20.2. The van der Waals surface area contributed by atoms with E-state index < -0.39 is 44.8 Å². The van der Waals surface area contributed by atoms with Crippen LogP contribution in [0.3, 0.4) is 0 Å². The first-order valence-corrected chi connectivity index (χ1v) is 9.01. The summed E-state index contributed by atoms with van der Waals surface area (Å²) in [6, 6.07) is 7.78. The van der Waals surface area contributed by atoms with Gasteiger partial charge in [-0.25, -0.2) is 17.6 Å². The summed E-state index contributed by atoms with van der Waals surface area (Å²) >= 11 is 0. The topological polar surface area (TPSA) is 89.5 Å². The number of anilines is 1. The zero-order valence-electron chi connectivity index (χ0n) is 13.9. The lowest BCUT2D eigenvalue weighted by Crippen LogP contribution is -2.21. The predicted molar refractivity (Wildman–Crippen MR) is 89.7 cm³/mol. The van der Waals surface area contributed by atoms with E-state index in [9.17, 15) is 31.2 Å². The molecule has 1 N–H and O–H groups in total. The molecule has 0 atom stereocenters. The lowest BCUT2D eigenvalue weighted by molar-refractivity contribution is -0.119. The minimum atomic E-state index is -4.77. The molecule has 0 aliphatic heterocycles. The first kappa shape index (κ1) is 20.4. The van der Waals surface area contributed by atoms with Crippen molar-refractivity contribution in [3.63, 3.8) is 0 Å². The summed E-state index contributed by atoms with van der Waals surface area (Å²) < 4.78 is 65.9. The Morgan fingerprint density at radius 3 is 2.30 bits per heavy atom. The van der Waals surface area contributed by atoms with Crippen LogP contribution >= 0.6 is 0 Å². The lowest BCUT2D eigenvalue weighted by atomic mass is 10.2. The normalized spacial score (nSPS) is 11.3. The van der Waals surface area contributed by atoms with Crippen molar-refractivity contribution in [1.82, 2.24) is 0 Å². The summed E-state index contributed by atoms with van der Waals surface area (Å²) in [5.41, 5.74) is 0.440. The summed E-state index contributed by atoms with van der Waals surface area (Å²) in [5.74, 6) is -6.00. The number of hydrogen-bond acceptors (Lipinski definition) is 5. The van der Waals surface area contributed by atoms with Crippen LogP contribution in [0, 0.1) is 12.7 Å². The first-order chi connectivity index (χ1) is 12.6. The largest absolute Gasteiger partial charge is 0.452 e. The van der Waals surface area contributed by atoms with Crippen LogP contribution in [0.2, 0.25) is 0 Å². The molecule has 0 spiro atoms. The van der Waals surface area contributed by atoms with E-state index in [1.807, 2.05) is 0 Å². The van der Waals surface area contributed by atoms with Crippen molar-refractivity contribution in [2.45, 2.75) is 17.6 Å². The molecule has 0 aromatic heterocycles. The predicted octanol–water partition coefficient (Wildman–Crippen LogP) is 2.93. The number of amides is 1. The molecule has 6 nitrogen and oxygen atoms in total. The number of aryl methyl sites for hydroxylation is 1. The highest BCUT2D eigenvalue weighted by Gasteiger charge is 2.26. The van der Waals surface area contributed by atoms with Gasteiger partial charge in [0.05, 0.1) is 16.1 Å². The minimum Gasteiger partial charge on any atom is -0.452 e. The second-order valence-electron chi connectivity index (χ2n) is 5.44. The third-order valence-electron chi connectivity index (χ3n) is 3.39. The van der Waals surface area contributed by atoms with Crippen molar-refractivity contribution >= 4 is 27.4 Å². The van der Waals surface area contributed by atoms with Gasteiger partial charge in [0.2, 0.25) is 9.84 Å². The molecule has 0 aliphatic carbocycles. The van der Waals surface area contributed by atoms with Gasteiger partial charge in [0.25, 0.3) is 5.91 Å². The van der Waals surface area contributed by atoms with Crippen LogP contribution in [-0.4, -0.2) is 32.7 Å². The van der Waals surface area contributed by atoms with Gasteiger partial charge in [0.1, 0.15) is 5.82 Å². The van der Waals surface area contributed by atoms with Crippen molar-refractivity contribution in [2.75, 3.05) is 11.9 Å². The monoisotopic (exact) mass is 401 g/mol. The Bertz CT molecular complexity index is 959. The fourth-order valence-electron chi connectivity index (χ4n) is 2.01. The maximum absolute atomic E-state index is 13.6. The summed E-state index contributed by atoms with van der Waals surface area (Å²) in [6.07, 6.45) is 0. The molecule has 0 unspecified atom stereocenters. The van der Waals surface area contributed by atoms with Crippen LogP contribution in [0.15, 0.2) is 47.4 Å². The molecule has 0 radical (unpaired) electrons. The van der Waals surface area contributed by atoms with Gasteiger partial charge < -0.3 is 10.1 Å². The van der Waals surface area contributed by atoms with Gasteiger partial charge in [-0.2, -0.15) is 8.78 Å². The van der Waals surface area contributed by atoms with Gasteiger partial charge in [-0.1, -0.05) is 6.07 Å². The van der Waals surface area contributed by atoms with Gasteiger partial charge in [-0.05, 0) is 48.9 Å². The van der Waals surface area contributed by atoms with Crippen molar-refractivity contribution < 1.29 is 35.9 Å². The Kier molecular flexibility index (Phi) is 6.21. The van der Waals surface area contributed by atoms with E-state index in [-0.39, 0.29) is 11.3 Å². The molecule has 0 saturated heterocycles. The van der Waals surface area contributed by atoms with Crippen molar-refractivity contribution in [3.8, 4) is 0 Å². The van der Waals surface area contributed by atoms with Crippen LogP contribution < -0.4 is 5.32 Å². The van der Waals surface area contributed by atoms with Crippen LogP contribution in [0.25, 0.3) is 0 Å². The SMILES string of the molecule is Cc1ccc(NC(=O)COC(=O)c2ccc(S(=O)(=O)C(F)F)cc2)c(F)c1. The first-order valence-electron chi connectivity index (χ1n) is 7.46. The molecule has 0 aliphatic rings. The molecule has 2 aromatic rings. The second kappa shape index (κ2) is 8.21. The summed E-state index contributed by atoms with van der Waals surface area (Å²) in [4.78, 5) is 22.9. The molecule has 2 aromatic carbocycles. The molecule has 0 heterocycles. The molecule has 2 rings (SSSR count). The highest BCUT2D eigenvalue weighted by atomic mass is 32.2. The van der Waals surface area contributed by atoms with E-state index in [2.05, 4.69) is 5.32 Å². The standard InChI is InChI=1S/C17H14F3NO5S/c1-10-2-7-14(13(18)8-10)21-15(22)9-26-16(23)11-3-5-12(6-4-11)27(24,25)17(19)20/h2-8,17H,9H2,1H3,(H,21,22). The van der Waals surface area contributed by atoms with Gasteiger partial charge in [-0.3, -0.25) is 4.79 Å². The Labute approximate surface area is 152 Å². The number of ether oxygens (including phenoxy) is 1. The van der Waals surface area contributed by atoms with Crippen molar-refractivity contribution in [3.05, 3.63) is 59.4 Å². The molecular formula is C17H14F3NO5S. The Balaban J connectivity index is 1.96. The average Bonchev–Trinajstić information content (AvgIpc) is 2.62. The zero-order valence-corrected chi connectivity index (χ0v) is 14.7. The number of nitrogens with one attached hydrogen (secondary N) is 1. The number of benzene rings is 2. The summed E-state index contributed by atoms with van der Waals surface area (Å²) in [5, 5.41) is 2.23. The number of hydrogen-bond donors (Lipinski definition) is 1. The molecule has 0 bridgehead atoms. The second-order valence-corrected chi connectivity index (χ2v) is 7.36. The maximum Gasteiger partial charge on any atom is 0.341 e.